The second-order valence-corrected chi connectivity index (χ2v) is 6.21. The van der Waals surface area contributed by atoms with Crippen LogP contribution in [-0.2, 0) is 16.0 Å². The number of nitrogens with zero attached hydrogens (tertiary/aromatic N) is 4. The van der Waals surface area contributed by atoms with E-state index in [4.69, 9.17) is 0 Å². The standard InChI is InChI=1S/C15H16N4O3S/c20-13(19-6-2-1-3-12(19)15(21)22)7-10-9-23-14(18-10)11-8-16-4-5-17-11/h4-5,8-9,12H,1-3,6-7H2,(H,21,22)/t12-/m1/s1. The van der Waals surface area contributed by atoms with Crippen molar-refractivity contribution in [2.75, 3.05) is 6.54 Å². The van der Waals surface area contributed by atoms with E-state index in [1.807, 2.05) is 5.38 Å². The Balaban J connectivity index is 1.70. The maximum absolute atomic E-state index is 12.4. The van der Waals surface area contributed by atoms with Crippen LogP contribution in [0.25, 0.3) is 10.7 Å². The number of amides is 1. The molecule has 0 bridgehead atoms. The summed E-state index contributed by atoms with van der Waals surface area (Å²) in [5.41, 5.74) is 1.30. The Hall–Kier alpha value is -2.35. The summed E-state index contributed by atoms with van der Waals surface area (Å²) in [6, 6.07) is -0.714. The van der Waals surface area contributed by atoms with Gasteiger partial charge < -0.3 is 10.0 Å². The largest absolute Gasteiger partial charge is 0.480 e. The Morgan fingerprint density at radius 3 is 2.96 bits per heavy atom. The number of hydrogen-bond acceptors (Lipinski definition) is 6. The molecule has 0 aliphatic carbocycles. The second kappa shape index (κ2) is 6.82. The molecule has 2 aromatic rings. The number of thiazole rings is 1. The second-order valence-electron chi connectivity index (χ2n) is 5.35. The molecule has 0 radical (unpaired) electrons. The molecule has 1 aliphatic rings. The Morgan fingerprint density at radius 2 is 2.22 bits per heavy atom. The van der Waals surface area contributed by atoms with Gasteiger partial charge in [-0.1, -0.05) is 0 Å². The monoisotopic (exact) mass is 332 g/mol. The normalized spacial score (nSPS) is 17.9. The topological polar surface area (TPSA) is 96.3 Å². The predicted molar refractivity (Wildman–Crippen MR) is 83.8 cm³/mol. The summed E-state index contributed by atoms with van der Waals surface area (Å²) in [6.07, 6.45) is 7.11. The minimum absolute atomic E-state index is 0.112. The summed E-state index contributed by atoms with van der Waals surface area (Å²) in [6.45, 7) is 0.497. The maximum Gasteiger partial charge on any atom is 0.326 e. The summed E-state index contributed by atoms with van der Waals surface area (Å²) < 4.78 is 0. The zero-order valence-electron chi connectivity index (χ0n) is 12.4. The molecule has 8 heteroatoms. The highest BCUT2D eigenvalue weighted by molar-refractivity contribution is 7.13. The zero-order valence-corrected chi connectivity index (χ0v) is 13.2. The van der Waals surface area contributed by atoms with Gasteiger partial charge in [0.1, 0.15) is 16.7 Å². The van der Waals surface area contributed by atoms with Crippen molar-refractivity contribution in [2.24, 2.45) is 0 Å². The fourth-order valence-electron chi connectivity index (χ4n) is 2.66. The summed E-state index contributed by atoms with van der Waals surface area (Å²) in [4.78, 5) is 37.8. The molecule has 2 aromatic heterocycles. The lowest BCUT2D eigenvalue weighted by molar-refractivity contribution is -0.151. The lowest BCUT2D eigenvalue weighted by Gasteiger charge is -2.32. The number of carbonyl (C=O) groups excluding carboxylic acids is 1. The Kier molecular flexibility index (Phi) is 4.61. The van der Waals surface area contributed by atoms with Gasteiger partial charge >= 0.3 is 5.97 Å². The van der Waals surface area contributed by atoms with Crippen LogP contribution in [0.4, 0.5) is 0 Å². The number of rotatable bonds is 4. The third-order valence-electron chi connectivity index (χ3n) is 3.77. The molecule has 1 fully saturated rings. The van der Waals surface area contributed by atoms with Crippen molar-refractivity contribution in [3.63, 3.8) is 0 Å². The zero-order chi connectivity index (χ0) is 16.2. The Morgan fingerprint density at radius 1 is 1.35 bits per heavy atom. The van der Waals surface area contributed by atoms with Crippen LogP contribution in [0.5, 0.6) is 0 Å². The maximum atomic E-state index is 12.4. The van der Waals surface area contributed by atoms with Crippen LogP contribution in [0.3, 0.4) is 0 Å². The highest BCUT2D eigenvalue weighted by Crippen LogP contribution is 2.23. The minimum Gasteiger partial charge on any atom is -0.480 e. The van der Waals surface area contributed by atoms with Crippen LogP contribution in [0.1, 0.15) is 25.0 Å². The summed E-state index contributed by atoms with van der Waals surface area (Å²) in [7, 11) is 0. The molecule has 0 aromatic carbocycles. The molecule has 1 amide bonds. The van der Waals surface area contributed by atoms with Crippen molar-refractivity contribution in [2.45, 2.75) is 31.7 Å². The van der Waals surface area contributed by atoms with Gasteiger partial charge in [0.15, 0.2) is 0 Å². The molecule has 0 spiro atoms. The van der Waals surface area contributed by atoms with E-state index in [9.17, 15) is 14.7 Å². The molecule has 23 heavy (non-hydrogen) atoms. The SMILES string of the molecule is O=C(O)[C@H]1CCCCN1C(=O)Cc1csc(-c2cnccn2)n1. The highest BCUT2D eigenvalue weighted by Gasteiger charge is 2.32. The van der Waals surface area contributed by atoms with Gasteiger partial charge in [-0.05, 0) is 19.3 Å². The van der Waals surface area contributed by atoms with Crippen molar-refractivity contribution >= 4 is 23.2 Å². The molecule has 3 heterocycles. The van der Waals surface area contributed by atoms with Crippen molar-refractivity contribution in [3.05, 3.63) is 29.7 Å². The number of carboxylic acid groups (broad SMARTS) is 1. The molecule has 1 N–H and O–H groups in total. The van der Waals surface area contributed by atoms with E-state index in [2.05, 4.69) is 15.0 Å². The van der Waals surface area contributed by atoms with Crippen molar-refractivity contribution in [1.29, 1.82) is 0 Å². The molecule has 7 nitrogen and oxygen atoms in total. The van der Waals surface area contributed by atoms with Crippen LogP contribution in [0, 0.1) is 0 Å². The lowest BCUT2D eigenvalue weighted by Crippen LogP contribution is -2.48. The van der Waals surface area contributed by atoms with Gasteiger partial charge in [-0.25, -0.2) is 9.78 Å². The fraction of sp³-hybridized carbons (Fsp3) is 0.400. The van der Waals surface area contributed by atoms with E-state index in [0.717, 1.165) is 12.8 Å². The number of carbonyl (C=O) groups is 2. The van der Waals surface area contributed by atoms with E-state index >= 15 is 0 Å². The van der Waals surface area contributed by atoms with Crippen LogP contribution >= 0.6 is 11.3 Å². The molecular formula is C15H16N4O3S. The number of hydrogen-bond donors (Lipinski definition) is 1. The average Bonchev–Trinajstić information content (AvgIpc) is 3.04. The van der Waals surface area contributed by atoms with Crippen LogP contribution in [-0.4, -0.2) is 49.4 Å². The van der Waals surface area contributed by atoms with Crippen LogP contribution in [0.2, 0.25) is 0 Å². The van der Waals surface area contributed by atoms with Crippen LogP contribution < -0.4 is 0 Å². The van der Waals surface area contributed by atoms with E-state index in [0.29, 0.717) is 29.4 Å². The van der Waals surface area contributed by atoms with E-state index in [1.54, 1.807) is 18.6 Å². The number of aliphatic carboxylic acids is 1. The molecular weight excluding hydrogens is 316 g/mol. The third kappa shape index (κ3) is 3.53. The van der Waals surface area contributed by atoms with E-state index in [-0.39, 0.29) is 12.3 Å². The Labute approximate surface area is 137 Å². The average molecular weight is 332 g/mol. The molecule has 3 rings (SSSR count). The van der Waals surface area contributed by atoms with E-state index in [1.165, 1.54) is 16.2 Å². The van der Waals surface area contributed by atoms with Crippen molar-refractivity contribution < 1.29 is 14.7 Å². The molecule has 1 aliphatic heterocycles. The lowest BCUT2D eigenvalue weighted by atomic mass is 10.0. The van der Waals surface area contributed by atoms with Crippen molar-refractivity contribution in [1.82, 2.24) is 19.9 Å². The summed E-state index contributed by atoms with van der Waals surface area (Å²) in [5.74, 6) is -1.12. The third-order valence-corrected chi connectivity index (χ3v) is 4.69. The quantitative estimate of drug-likeness (QED) is 0.914. The van der Waals surface area contributed by atoms with Gasteiger partial charge in [0.05, 0.1) is 18.3 Å². The Bertz CT molecular complexity index is 704. The molecule has 120 valence electrons. The number of aromatic nitrogens is 3. The first kappa shape index (κ1) is 15.5. The molecule has 1 atom stereocenters. The minimum atomic E-state index is -0.934. The number of piperidine rings is 1. The van der Waals surface area contributed by atoms with E-state index < -0.39 is 12.0 Å². The van der Waals surface area contributed by atoms with Gasteiger partial charge in [0.25, 0.3) is 0 Å². The van der Waals surface area contributed by atoms with Gasteiger partial charge in [0.2, 0.25) is 5.91 Å². The smallest absolute Gasteiger partial charge is 0.326 e. The van der Waals surface area contributed by atoms with Gasteiger partial charge in [-0.3, -0.25) is 14.8 Å². The van der Waals surface area contributed by atoms with Crippen molar-refractivity contribution in [3.8, 4) is 10.7 Å². The first-order valence-corrected chi connectivity index (χ1v) is 8.26. The van der Waals surface area contributed by atoms with Crippen LogP contribution in [0.15, 0.2) is 24.0 Å². The first-order chi connectivity index (χ1) is 11.1. The molecule has 0 unspecified atom stereocenters. The molecule has 1 saturated heterocycles. The predicted octanol–water partition coefficient (Wildman–Crippen LogP) is 1.61. The molecule has 0 saturated carbocycles. The van der Waals surface area contributed by atoms with Gasteiger partial charge in [-0.15, -0.1) is 11.3 Å². The van der Waals surface area contributed by atoms with Gasteiger partial charge in [0, 0.05) is 24.3 Å². The number of carboxylic acids is 1. The summed E-state index contributed by atoms with van der Waals surface area (Å²) in [5, 5.41) is 11.8. The fourth-order valence-corrected chi connectivity index (χ4v) is 3.44. The highest BCUT2D eigenvalue weighted by atomic mass is 32.1. The number of likely N-dealkylation sites (tertiary alicyclic amines) is 1. The summed E-state index contributed by atoms with van der Waals surface area (Å²) >= 11 is 1.40. The van der Waals surface area contributed by atoms with Gasteiger partial charge in [-0.2, -0.15) is 0 Å². The first-order valence-electron chi connectivity index (χ1n) is 7.38.